The van der Waals surface area contributed by atoms with E-state index in [0.717, 1.165) is 0 Å². The quantitative estimate of drug-likeness (QED) is 0.824. The van der Waals surface area contributed by atoms with E-state index in [1.807, 2.05) is 0 Å². The van der Waals surface area contributed by atoms with Gasteiger partial charge in [0.1, 0.15) is 0 Å². The molecular weight excluding hydrogens is 266 g/mol. The van der Waals surface area contributed by atoms with Gasteiger partial charge in [0, 0.05) is 13.7 Å². The number of aliphatic hydroxyl groups excluding tert-OH is 1. The lowest BCUT2D eigenvalue weighted by molar-refractivity contribution is 0.0276. The summed E-state index contributed by atoms with van der Waals surface area (Å²) in [7, 11) is -2.07. The van der Waals surface area contributed by atoms with Crippen molar-refractivity contribution in [1.82, 2.24) is 4.72 Å². The van der Waals surface area contributed by atoms with Gasteiger partial charge < -0.3 is 9.84 Å². The molecule has 0 bridgehead atoms. The minimum absolute atomic E-state index is 0.175. The van der Waals surface area contributed by atoms with Crippen LogP contribution in [-0.2, 0) is 21.4 Å². The summed E-state index contributed by atoms with van der Waals surface area (Å²) in [4.78, 5) is 0.186. The van der Waals surface area contributed by atoms with Crippen LogP contribution in [0, 0.1) is 6.92 Å². The van der Waals surface area contributed by atoms with Gasteiger partial charge in [-0.3, -0.25) is 0 Å². The zero-order chi connectivity index (χ0) is 14.7. The summed E-state index contributed by atoms with van der Waals surface area (Å²) in [5.41, 5.74) is 0.632. The second-order valence-electron chi connectivity index (χ2n) is 5.05. The van der Waals surface area contributed by atoms with Crippen molar-refractivity contribution in [2.75, 3.05) is 13.7 Å². The number of sulfonamides is 1. The number of hydrogen-bond acceptors (Lipinski definition) is 4. The van der Waals surface area contributed by atoms with Gasteiger partial charge in [0.2, 0.25) is 10.0 Å². The third-order valence-corrected chi connectivity index (χ3v) is 4.51. The third-order valence-electron chi connectivity index (χ3n) is 2.97. The lowest BCUT2D eigenvalue weighted by Crippen LogP contribution is -2.39. The Labute approximate surface area is 114 Å². The lowest BCUT2D eigenvalue weighted by Gasteiger charge is -2.23. The normalized spacial score (nSPS) is 12.7. The molecule has 19 heavy (non-hydrogen) atoms. The summed E-state index contributed by atoms with van der Waals surface area (Å²) in [6.07, 6.45) is 0. The first kappa shape index (κ1) is 16.1. The maximum atomic E-state index is 12.2. The molecule has 0 saturated carbocycles. The van der Waals surface area contributed by atoms with Gasteiger partial charge in [0.15, 0.2) is 0 Å². The van der Waals surface area contributed by atoms with Gasteiger partial charge in [0.05, 0.1) is 17.1 Å². The van der Waals surface area contributed by atoms with Gasteiger partial charge in [-0.15, -0.1) is 0 Å². The average molecular weight is 287 g/mol. The van der Waals surface area contributed by atoms with E-state index in [4.69, 9.17) is 9.84 Å². The Morgan fingerprint density at radius 1 is 1.37 bits per heavy atom. The van der Waals surface area contributed by atoms with Crippen molar-refractivity contribution >= 4 is 10.0 Å². The SMILES string of the molecule is COC(C)(C)CNS(=O)(=O)c1cc(CO)ccc1C. The van der Waals surface area contributed by atoms with Crippen LogP contribution in [0.5, 0.6) is 0 Å². The molecule has 0 radical (unpaired) electrons. The van der Waals surface area contributed by atoms with Gasteiger partial charge in [-0.25, -0.2) is 13.1 Å². The Balaban J connectivity index is 3.00. The van der Waals surface area contributed by atoms with Gasteiger partial charge in [-0.2, -0.15) is 0 Å². The number of methoxy groups -OCH3 is 1. The first-order valence-electron chi connectivity index (χ1n) is 5.97. The van der Waals surface area contributed by atoms with Crippen LogP contribution < -0.4 is 4.72 Å². The predicted molar refractivity (Wildman–Crippen MR) is 73.4 cm³/mol. The van der Waals surface area contributed by atoms with Crippen LogP contribution in [0.3, 0.4) is 0 Å². The third kappa shape index (κ3) is 4.28. The van der Waals surface area contributed by atoms with E-state index in [2.05, 4.69) is 4.72 Å². The maximum Gasteiger partial charge on any atom is 0.240 e. The van der Waals surface area contributed by atoms with E-state index < -0.39 is 15.6 Å². The first-order valence-corrected chi connectivity index (χ1v) is 7.45. The Kier molecular flexibility index (Phi) is 5.09. The predicted octanol–water partition coefficient (Wildman–Crippen LogP) is 1.19. The summed E-state index contributed by atoms with van der Waals surface area (Å²) in [6, 6.07) is 4.87. The second kappa shape index (κ2) is 6.00. The van der Waals surface area contributed by atoms with Crippen LogP contribution in [0.25, 0.3) is 0 Å². The molecule has 2 N–H and O–H groups in total. The highest BCUT2D eigenvalue weighted by Crippen LogP contribution is 2.18. The van der Waals surface area contributed by atoms with Gasteiger partial charge >= 0.3 is 0 Å². The molecule has 108 valence electrons. The van der Waals surface area contributed by atoms with Crippen molar-refractivity contribution in [2.24, 2.45) is 0 Å². The summed E-state index contributed by atoms with van der Waals surface area (Å²) in [5, 5.41) is 9.08. The molecule has 0 aliphatic heterocycles. The Hall–Kier alpha value is -0.950. The maximum absolute atomic E-state index is 12.2. The van der Waals surface area contributed by atoms with Crippen LogP contribution in [-0.4, -0.2) is 32.8 Å². The average Bonchev–Trinajstić information content (AvgIpc) is 2.37. The summed E-state index contributed by atoms with van der Waals surface area (Å²) < 4.78 is 32.2. The highest BCUT2D eigenvalue weighted by atomic mass is 32.2. The van der Waals surface area contributed by atoms with Crippen LogP contribution >= 0.6 is 0 Å². The molecule has 0 atom stereocenters. The Morgan fingerprint density at radius 3 is 2.53 bits per heavy atom. The minimum Gasteiger partial charge on any atom is -0.392 e. The molecule has 0 amide bonds. The number of ether oxygens (including phenoxy) is 1. The molecule has 0 aliphatic carbocycles. The molecule has 0 aliphatic rings. The van der Waals surface area contributed by atoms with Crippen molar-refractivity contribution in [3.63, 3.8) is 0 Å². The zero-order valence-corrected chi connectivity index (χ0v) is 12.5. The largest absolute Gasteiger partial charge is 0.392 e. The number of aryl methyl sites for hydroxylation is 1. The Morgan fingerprint density at radius 2 is 2.00 bits per heavy atom. The summed E-state index contributed by atoms with van der Waals surface area (Å²) >= 11 is 0. The van der Waals surface area contributed by atoms with Gasteiger partial charge in [-0.1, -0.05) is 12.1 Å². The number of nitrogens with one attached hydrogen (secondary N) is 1. The minimum atomic E-state index is -3.61. The van der Waals surface area contributed by atoms with E-state index in [9.17, 15) is 8.42 Å². The molecule has 1 rings (SSSR count). The fourth-order valence-electron chi connectivity index (χ4n) is 1.45. The standard InChI is InChI=1S/C13H21NO4S/c1-10-5-6-11(8-15)7-12(10)19(16,17)14-9-13(2,3)18-4/h5-7,14-15H,8-9H2,1-4H3. The molecule has 0 heterocycles. The smallest absolute Gasteiger partial charge is 0.240 e. The molecular formula is C13H21NO4S. The van der Waals surface area contributed by atoms with E-state index in [1.54, 1.807) is 32.9 Å². The van der Waals surface area contributed by atoms with E-state index >= 15 is 0 Å². The summed E-state index contributed by atoms with van der Waals surface area (Å²) in [5.74, 6) is 0. The Bertz CT molecular complexity index is 538. The molecule has 1 aromatic carbocycles. The van der Waals surface area contributed by atoms with Crippen LogP contribution in [0.4, 0.5) is 0 Å². The van der Waals surface area contributed by atoms with Crippen LogP contribution in [0.2, 0.25) is 0 Å². The van der Waals surface area contributed by atoms with Crippen LogP contribution in [0.1, 0.15) is 25.0 Å². The van der Waals surface area contributed by atoms with Crippen molar-refractivity contribution in [3.05, 3.63) is 29.3 Å². The number of hydrogen-bond donors (Lipinski definition) is 2. The molecule has 1 aromatic rings. The van der Waals surface area contributed by atoms with Crippen molar-refractivity contribution in [1.29, 1.82) is 0 Å². The van der Waals surface area contributed by atoms with Crippen molar-refractivity contribution in [2.45, 2.75) is 37.9 Å². The van der Waals surface area contributed by atoms with Gasteiger partial charge in [0.25, 0.3) is 0 Å². The first-order chi connectivity index (χ1) is 8.72. The van der Waals surface area contributed by atoms with E-state index in [0.29, 0.717) is 11.1 Å². The monoisotopic (exact) mass is 287 g/mol. The van der Waals surface area contributed by atoms with E-state index in [-0.39, 0.29) is 18.0 Å². The van der Waals surface area contributed by atoms with Gasteiger partial charge in [-0.05, 0) is 38.0 Å². The van der Waals surface area contributed by atoms with Crippen LogP contribution in [0.15, 0.2) is 23.1 Å². The molecule has 6 heteroatoms. The number of benzene rings is 1. The topological polar surface area (TPSA) is 75.6 Å². The fourth-order valence-corrected chi connectivity index (χ4v) is 2.94. The molecule has 0 saturated heterocycles. The lowest BCUT2D eigenvalue weighted by atomic mass is 10.1. The van der Waals surface area contributed by atoms with Crippen molar-refractivity contribution in [3.8, 4) is 0 Å². The fraction of sp³-hybridized carbons (Fsp3) is 0.538. The number of aliphatic hydroxyl groups is 1. The second-order valence-corrected chi connectivity index (χ2v) is 6.78. The molecule has 0 spiro atoms. The highest BCUT2D eigenvalue weighted by molar-refractivity contribution is 7.89. The van der Waals surface area contributed by atoms with Crippen molar-refractivity contribution < 1.29 is 18.3 Å². The zero-order valence-electron chi connectivity index (χ0n) is 11.7. The number of rotatable bonds is 6. The molecule has 0 unspecified atom stereocenters. The summed E-state index contributed by atoms with van der Waals surface area (Å²) in [6.45, 7) is 5.30. The highest BCUT2D eigenvalue weighted by Gasteiger charge is 2.23. The van der Waals surface area contributed by atoms with E-state index in [1.165, 1.54) is 13.2 Å². The molecule has 0 aromatic heterocycles. The molecule has 0 fully saturated rings. The molecule has 5 nitrogen and oxygen atoms in total.